The number of fused-ring (bicyclic) bond motifs is 1. The largest absolute Gasteiger partial charge is 0.489 e. The molecule has 0 spiro atoms. The number of ether oxygens (including phenoxy) is 2. The van der Waals surface area contributed by atoms with Gasteiger partial charge in [-0.05, 0) is 37.6 Å². The van der Waals surface area contributed by atoms with Gasteiger partial charge in [-0.3, -0.25) is 4.98 Å². The average Bonchev–Trinajstić information content (AvgIpc) is 3.29. The van der Waals surface area contributed by atoms with Crippen LogP contribution < -0.4 is 15.2 Å². The zero-order valence-corrected chi connectivity index (χ0v) is 20.4. The van der Waals surface area contributed by atoms with Gasteiger partial charge in [0.05, 0.1) is 17.7 Å². The third kappa shape index (κ3) is 5.22. The van der Waals surface area contributed by atoms with Crippen LogP contribution in [-0.2, 0) is 13.2 Å². The molecule has 3 N–H and O–H groups in total. The first kappa shape index (κ1) is 24.2. The molecule has 0 saturated heterocycles. The highest BCUT2D eigenvalue weighted by Crippen LogP contribution is 2.35. The van der Waals surface area contributed by atoms with Crippen LogP contribution in [0.25, 0.3) is 22.2 Å². The molecule has 5 rings (SSSR count). The zero-order chi connectivity index (χ0) is 25.9. The highest BCUT2D eigenvalue weighted by molar-refractivity contribution is 6.00. The molecule has 0 unspecified atom stereocenters. The zero-order valence-electron chi connectivity index (χ0n) is 20.4. The number of nitrogens with two attached hydrogens (primary N) is 1. The van der Waals surface area contributed by atoms with Crippen LogP contribution in [0.5, 0.6) is 17.2 Å². The number of aliphatic hydroxyl groups is 1. The van der Waals surface area contributed by atoms with Crippen LogP contribution in [0.4, 0.5) is 10.2 Å². The van der Waals surface area contributed by atoms with E-state index in [1.807, 2.05) is 30.5 Å². The molecule has 5 aromatic rings. The number of benzene rings is 2. The number of hydrogen-bond donors (Lipinski definition) is 2. The van der Waals surface area contributed by atoms with Crippen molar-refractivity contribution in [3.05, 3.63) is 90.4 Å². The van der Waals surface area contributed by atoms with E-state index in [2.05, 4.69) is 33.4 Å². The normalized spacial score (nSPS) is 11.3. The van der Waals surface area contributed by atoms with Crippen molar-refractivity contribution in [2.24, 2.45) is 0 Å². The van der Waals surface area contributed by atoms with Gasteiger partial charge in [0.15, 0.2) is 0 Å². The molecular weight excluding hydrogens is 473 g/mol. The van der Waals surface area contributed by atoms with E-state index in [4.69, 9.17) is 20.3 Å². The summed E-state index contributed by atoms with van der Waals surface area (Å²) in [4.78, 5) is 12.7. The molecule has 3 aromatic heterocycles. The predicted molar refractivity (Wildman–Crippen MR) is 139 cm³/mol. The molecule has 0 aliphatic heterocycles. The van der Waals surface area contributed by atoms with Crippen LogP contribution in [0.1, 0.15) is 31.1 Å². The maximum atomic E-state index is 14.3. The Balaban J connectivity index is 1.34. The minimum Gasteiger partial charge on any atom is -0.489 e. The first-order valence-corrected chi connectivity index (χ1v) is 11.8. The number of aromatic nitrogens is 4. The molecule has 0 saturated carbocycles. The Morgan fingerprint density at radius 3 is 2.46 bits per heavy atom. The van der Waals surface area contributed by atoms with E-state index < -0.39 is 5.82 Å². The van der Waals surface area contributed by atoms with Crippen molar-refractivity contribution in [3.63, 3.8) is 0 Å². The van der Waals surface area contributed by atoms with Gasteiger partial charge in [-0.15, -0.1) is 0 Å². The van der Waals surface area contributed by atoms with Gasteiger partial charge in [-0.2, -0.15) is 0 Å². The standard InChI is InChI=1S/C28H26FN5O3/c1-17(2)34-13-25(26-27(30)32-16-33-28(26)34)19-4-7-22(8-5-19)37-24-10-20(29)9-23(11-24)36-15-18-3-6-21(14-35)31-12-18/h3-13,16-17,35H,14-15H2,1-2H3,(H2,30,32,33). The Labute approximate surface area is 213 Å². The van der Waals surface area contributed by atoms with E-state index in [1.165, 1.54) is 18.5 Å². The lowest BCUT2D eigenvalue weighted by molar-refractivity contribution is 0.276. The van der Waals surface area contributed by atoms with Crippen LogP contribution >= 0.6 is 0 Å². The maximum Gasteiger partial charge on any atom is 0.146 e. The molecule has 0 amide bonds. The molecule has 8 nitrogen and oxygen atoms in total. The third-order valence-electron chi connectivity index (χ3n) is 5.89. The van der Waals surface area contributed by atoms with Crippen molar-refractivity contribution in [2.75, 3.05) is 5.73 Å². The summed E-state index contributed by atoms with van der Waals surface area (Å²) in [7, 11) is 0. The number of rotatable bonds is 8. The quantitative estimate of drug-likeness (QED) is 0.284. The minimum atomic E-state index is -0.477. The number of hydrogen-bond acceptors (Lipinski definition) is 7. The second-order valence-corrected chi connectivity index (χ2v) is 8.85. The second-order valence-electron chi connectivity index (χ2n) is 8.85. The van der Waals surface area contributed by atoms with Gasteiger partial charge < -0.3 is 24.9 Å². The molecule has 0 radical (unpaired) electrons. The van der Waals surface area contributed by atoms with Crippen molar-refractivity contribution in [1.29, 1.82) is 0 Å². The molecule has 0 atom stereocenters. The smallest absolute Gasteiger partial charge is 0.146 e. The van der Waals surface area contributed by atoms with Crippen LogP contribution in [0.2, 0.25) is 0 Å². The van der Waals surface area contributed by atoms with E-state index in [1.54, 1.807) is 24.4 Å². The van der Waals surface area contributed by atoms with Crippen LogP contribution in [0.15, 0.2) is 73.3 Å². The molecule has 9 heteroatoms. The Morgan fingerprint density at radius 2 is 1.76 bits per heavy atom. The summed E-state index contributed by atoms with van der Waals surface area (Å²) in [6, 6.07) is 15.4. The predicted octanol–water partition coefficient (Wildman–Crippen LogP) is 5.66. The minimum absolute atomic E-state index is 0.129. The van der Waals surface area contributed by atoms with Gasteiger partial charge in [0.1, 0.15) is 47.5 Å². The van der Waals surface area contributed by atoms with Crippen LogP contribution in [0, 0.1) is 5.82 Å². The highest BCUT2D eigenvalue weighted by Gasteiger charge is 2.16. The summed E-state index contributed by atoms with van der Waals surface area (Å²) in [5, 5.41) is 9.91. The summed E-state index contributed by atoms with van der Waals surface area (Å²) in [5.74, 6) is 1.13. The van der Waals surface area contributed by atoms with Gasteiger partial charge in [0.2, 0.25) is 0 Å². The third-order valence-corrected chi connectivity index (χ3v) is 5.89. The van der Waals surface area contributed by atoms with Crippen LogP contribution in [-0.4, -0.2) is 24.6 Å². The van der Waals surface area contributed by atoms with Crippen LogP contribution in [0.3, 0.4) is 0 Å². The number of anilines is 1. The highest BCUT2D eigenvalue weighted by atomic mass is 19.1. The Hall–Kier alpha value is -4.50. The molecule has 0 fully saturated rings. The van der Waals surface area contributed by atoms with Crippen molar-refractivity contribution < 1.29 is 19.0 Å². The fourth-order valence-corrected chi connectivity index (χ4v) is 4.04. The van der Waals surface area contributed by atoms with E-state index in [9.17, 15) is 4.39 Å². The molecule has 0 aliphatic rings. The summed E-state index contributed by atoms with van der Waals surface area (Å²) in [6.45, 7) is 4.24. The van der Waals surface area contributed by atoms with E-state index in [-0.39, 0.29) is 19.3 Å². The lowest BCUT2D eigenvalue weighted by Gasteiger charge is -2.11. The first-order valence-electron chi connectivity index (χ1n) is 11.8. The lowest BCUT2D eigenvalue weighted by atomic mass is 10.1. The molecule has 0 bridgehead atoms. The van der Waals surface area contributed by atoms with Crippen molar-refractivity contribution in [1.82, 2.24) is 19.5 Å². The number of pyridine rings is 1. The fourth-order valence-electron chi connectivity index (χ4n) is 4.04. The van der Waals surface area contributed by atoms with E-state index in [0.29, 0.717) is 28.8 Å². The van der Waals surface area contributed by atoms with Gasteiger partial charge in [0.25, 0.3) is 0 Å². The molecule has 2 aromatic carbocycles. The molecule has 0 aliphatic carbocycles. The Bertz CT molecular complexity index is 1530. The topological polar surface area (TPSA) is 108 Å². The van der Waals surface area contributed by atoms with Crippen molar-refractivity contribution in [2.45, 2.75) is 33.1 Å². The van der Waals surface area contributed by atoms with Crippen molar-refractivity contribution in [3.8, 4) is 28.4 Å². The Kier molecular flexibility index (Phi) is 6.70. The molecule has 37 heavy (non-hydrogen) atoms. The monoisotopic (exact) mass is 499 g/mol. The summed E-state index contributed by atoms with van der Waals surface area (Å²) in [5.41, 5.74) is 10.2. The van der Waals surface area contributed by atoms with Crippen molar-refractivity contribution >= 4 is 16.9 Å². The Morgan fingerprint density at radius 1 is 0.973 bits per heavy atom. The summed E-state index contributed by atoms with van der Waals surface area (Å²) >= 11 is 0. The fraction of sp³-hybridized carbons (Fsp3) is 0.179. The average molecular weight is 500 g/mol. The lowest BCUT2D eigenvalue weighted by Crippen LogP contribution is -2.00. The van der Waals surface area contributed by atoms with Gasteiger partial charge in [-0.1, -0.05) is 18.2 Å². The first-order chi connectivity index (χ1) is 17.9. The number of nitrogen functional groups attached to an aromatic ring is 1. The molecule has 3 heterocycles. The molecule has 188 valence electrons. The van der Waals surface area contributed by atoms with E-state index in [0.717, 1.165) is 27.7 Å². The van der Waals surface area contributed by atoms with Gasteiger partial charge in [0, 0.05) is 47.8 Å². The van der Waals surface area contributed by atoms with Gasteiger partial charge >= 0.3 is 0 Å². The maximum absolute atomic E-state index is 14.3. The van der Waals surface area contributed by atoms with E-state index >= 15 is 0 Å². The number of halogens is 1. The SMILES string of the molecule is CC(C)n1cc(-c2ccc(Oc3cc(F)cc(OCc4ccc(CO)nc4)c3)cc2)c2c(N)ncnc21. The number of nitrogens with zero attached hydrogens (tertiary/aromatic N) is 4. The number of aliphatic hydroxyl groups excluding tert-OH is 1. The van der Waals surface area contributed by atoms with Gasteiger partial charge in [-0.25, -0.2) is 14.4 Å². The second kappa shape index (κ2) is 10.2. The summed E-state index contributed by atoms with van der Waals surface area (Å²) in [6.07, 6.45) is 5.11. The molecular formula is C28H26FN5O3. The summed E-state index contributed by atoms with van der Waals surface area (Å²) < 4.78 is 28.0.